The Hall–Kier alpha value is -3.61. The number of aromatic nitrogens is 2. The van der Waals surface area contributed by atoms with Gasteiger partial charge in [0.1, 0.15) is 17.1 Å². The first-order valence-corrected chi connectivity index (χ1v) is 7.67. The Bertz CT molecular complexity index is 1140. The zero-order chi connectivity index (χ0) is 17.4. The Morgan fingerprint density at radius 1 is 1.04 bits per heavy atom. The third-order valence-corrected chi connectivity index (χ3v) is 4.05. The van der Waals surface area contributed by atoms with Crippen LogP contribution in [0, 0.1) is 0 Å². The van der Waals surface area contributed by atoms with Crippen molar-refractivity contribution in [1.82, 2.24) is 9.97 Å². The predicted octanol–water partition coefficient (Wildman–Crippen LogP) is 2.22. The molecule has 0 bridgehead atoms. The molecule has 0 fully saturated rings. The normalized spacial score (nSPS) is 11.0. The third kappa shape index (κ3) is 2.61. The molecule has 0 atom stereocenters. The first-order valence-electron chi connectivity index (χ1n) is 7.67. The quantitative estimate of drug-likeness (QED) is 0.417. The molecule has 0 amide bonds. The molecule has 0 saturated carbocycles. The number of para-hydroxylation sites is 1. The molecule has 4 rings (SSSR count). The summed E-state index contributed by atoms with van der Waals surface area (Å²) in [7, 11) is 0. The minimum atomic E-state index is -0.571. The number of hydrogen-bond acceptors (Lipinski definition) is 6. The third-order valence-electron chi connectivity index (χ3n) is 4.05. The lowest BCUT2D eigenvalue weighted by atomic mass is 10.1. The van der Waals surface area contributed by atoms with Gasteiger partial charge in [0, 0.05) is 17.8 Å². The monoisotopic (exact) mass is 334 g/mol. The average molecular weight is 334 g/mol. The number of phenols is 1. The number of nitrogens with zero attached hydrogens (tertiary/aromatic N) is 1. The average Bonchev–Trinajstić information content (AvgIpc) is 3.09. The van der Waals surface area contributed by atoms with Crippen LogP contribution >= 0.6 is 0 Å². The number of H-pyrrole nitrogens is 1. The van der Waals surface area contributed by atoms with E-state index in [9.17, 15) is 14.7 Å². The largest absolute Gasteiger partial charge is 0.508 e. The Labute approximate surface area is 141 Å². The lowest BCUT2D eigenvalue weighted by molar-refractivity contribution is 0.469. The summed E-state index contributed by atoms with van der Waals surface area (Å²) >= 11 is 0. The van der Waals surface area contributed by atoms with E-state index in [4.69, 9.17) is 0 Å². The molecule has 124 valence electrons. The molecule has 7 heteroatoms. The molecule has 0 aliphatic rings. The summed E-state index contributed by atoms with van der Waals surface area (Å²) < 4.78 is 0. The van der Waals surface area contributed by atoms with Crippen LogP contribution < -0.4 is 21.5 Å². The highest BCUT2D eigenvalue weighted by Gasteiger charge is 2.21. The molecule has 25 heavy (non-hydrogen) atoms. The standard InChI is InChI=1S/C18H14N4O3/c23-14-4-2-1-3-10(14)8-19-15-16(18(25)17(15)24)22-11-5-6-12-13(7-11)21-9-20-12/h1-7,9,19,22-23H,8H2,(H,20,21). The predicted molar refractivity (Wildman–Crippen MR) is 96.2 cm³/mol. The molecule has 0 saturated heterocycles. The van der Waals surface area contributed by atoms with Gasteiger partial charge in [0.2, 0.25) is 0 Å². The van der Waals surface area contributed by atoms with Gasteiger partial charge in [0.25, 0.3) is 10.9 Å². The summed E-state index contributed by atoms with van der Waals surface area (Å²) in [6.07, 6.45) is 1.59. The van der Waals surface area contributed by atoms with Gasteiger partial charge in [-0.25, -0.2) is 4.98 Å². The van der Waals surface area contributed by atoms with Crippen LogP contribution in [-0.4, -0.2) is 15.1 Å². The van der Waals surface area contributed by atoms with E-state index in [1.165, 1.54) is 0 Å². The van der Waals surface area contributed by atoms with Crippen LogP contribution in [0.5, 0.6) is 5.75 Å². The van der Waals surface area contributed by atoms with Gasteiger partial charge in [0.15, 0.2) is 0 Å². The van der Waals surface area contributed by atoms with Crippen molar-refractivity contribution in [3.05, 3.63) is 74.8 Å². The highest BCUT2D eigenvalue weighted by molar-refractivity contribution is 5.84. The fourth-order valence-electron chi connectivity index (χ4n) is 2.68. The molecule has 3 aromatic carbocycles. The zero-order valence-electron chi connectivity index (χ0n) is 13.0. The Balaban J connectivity index is 1.57. The molecule has 1 heterocycles. The number of hydrogen-bond donors (Lipinski definition) is 4. The second-order valence-electron chi connectivity index (χ2n) is 5.65. The van der Waals surface area contributed by atoms with Crippen molar-refractivity contribution in [3.63, 3.8) is 0 Å². The van der Waals surface area contributed by atoms with E-state index in [1.54, 1.807) is 42.7 Å². The second-order valence-corrected chi connectivity index (χ2v) is 5.65. The number of imidazole rings is 1. The highest BCUT2D eigenvalue weighted by atomic mass is 16.3. The molecular weight excluding hydrogens is 320 g/mol. The molecule has 0 aliphatic carbocycles. The van der Waals surface area contributed by atoms with Crippen LogP contribution in [0.4, 0.5) is 17.1 Å². The van der Waals surface area contributed by atoms with Gasteiger partial charge < -0.3 is 20.7 Å². The number of aromatic hydroxyl groups is 1. The summed E-state index contributed by atoms with van der Waals surface area (Å²) in [6, 6.07) is 12.2. The van der Waals surface area contributed by atoms with Gasteiger partial charge in [-0.05, 0) is 24.3 Å². The summed E-state index contributed by atoms with van der Waals surface area (Å²) in [5.41, 5.74) is 2.24. The van der Waals surface area contributed by atoms with Gasteiger partial charge in [-0.1, -0.05) is 18.2 Å². The Morgan fingerprint density at radius 3 is 2.68 bits per heavy atom. The molecule has 1 aromatic heterocycles. The maximum absolute atomic E-state index is 11.9. The lowest BCUT2D eigenvalue weighted by Gasteiger charge is -2.15. The van der Waals surface area contributed by atoms with E-state index in [0.29, 0.717) is 11.3 Å². The van der Waals surface area contributed by atoms with Crippen molar-refractivity contribution in [2.24, 2.45) is 0 Å². The summed E-state index contributed by atoms with van der Waals surface area (Å²) in [5, 5.41) is 15.7. The zero-order valence-corrected chi connectivity index (χ0v) is 13.0. The van der Waals surface area contributed by atoms with Gasteiger partial charge in [-0.3, -0.25) is 9.59 Å². The van der Waals surface area contributed by atoms with Crippen LogP contribution in [0.3, 0.4) is 0 Å². The first kappa shape index (κ1) is 14.9. The van der Waals surface area contributed by atoms with Crippen LogP contribution in [0.15, 0.2) is 58.4 Å². The van der Waals surface area contributed by atoms with Gasteiger partial charge in [-0.15, -0.1) is 0 Å². The number of fused-ring (bicyclic) bond motifs is 1. The number of rotatable bonds is 5. The van der Waals surface area contributed by atoms with Crippen LogP contribution in [0.25, 0.3) is 11.0 Å². The summed E-state index contributed by atoms with van der Waals surface area (Å²) in [6.45, 7) is 0.241. The highest BCUT2D eigenvalue weighted by Crippen LogP contribution is 2.24. The Kier molecular flexibility index (Phi) is 3.46. The minimum Gasteiger partial charge on any atom is -0.508 e. The summed E-state index contributed by atoms with van der Waals surface area (Å²) in [5.74, 6) is 0.132. The van der Waals surface area contributed by atoms with Crippen LogP contribution in [0.1, 0.15) is 5.56 Å². The number of benzene rings is 2. The van der Waals surface area contributed by atoms with Crippen molar-refractivity contribution in [2.45, 2.75) is 6.54 Å². The van der Waals surface area contributed by atoms with E-state index < -0.39 is 10.9 Å². The molecule has 0 radical (unpaired) electrons. The molecular formula is C18H14N4O3. The molecule has 0 aliphatic heterocycles. The maximum atomic E-state index is 11.9. The molecule has 0 spiro atoms. The smallest absolute Gasteiger partial charge is 0.253 e. The fourth-order valence-corrected chi connectivity index (χ4v) is 2.68. The number of phenolic OH excluding ortho intramolecular Hbond substituents is 1. The van der Waals surface area contributed by atoms with Crippen LogP contribution in [0.2, 0.25) is 0 Å². The maximum Gasteiger partial charge on any atom is 0.253 e. The van der Waals surface area contributed by atoms with E-state index in [2.05, 4.69) is 20.6 Å². The van der Waals surface area contributed by atoms with E-state index >= 15 is 0 Å². The fraction of sp³-hybridized carbons (Fsp3) is 0.0556. The molecule has 0 unspecified atom stereocenters. The number of nitrogens with one attached hydrogen (secondary N) is 3. The van der Waals surface area contributed by atoms with Crippen molar-refractivity contribution >= 4 is 28.1 Å². The molecule has 4 aromatic rings. The van der Waals surface area contributed by atoms with Gasteiger partial charge in [0.05, 0.1) is 17.4 Å². The van der Waals surface area contributed by atoms with E-state index in [0.717, 1.165) is 11.0 Å². The first-order chi connectivity index (χ1) is 12.1. The summed E-state index contributed by atoms with van der Waals surface area (Å²) in [4.78, 5) is 30.9. The number of aromatic amines is 1. The van der Waals surface area contributed by atoms with Crippen molar-refractivity contribution < 1.29 is 5.11 Å². The SMILES string of the molecule is O=c1c(NCc2ccccc2O)c(Nc2ccc3[nH]cnc3c2)c1=O. The minimum absolute atomic E-state index is 0.132. The topological polar surface area (TPSA) is 107 Å². The Morgan fingerprint density at radius 2 is 1.84 bits per heavy atom. The van der Waals surface area contributed by atoms with Gasteiger partial charge in [-0.2, -0.15) is 0 Å². The number of anilines is 3. The molecule has 7 nitrogen and oxygen atoms in total. The van der Waals surface area contributed by atoms with Crippen LogP contribution in [-0.2, 0) is 6.54 Å². The van der Waals surface area contributed by atoms with Crippen molar-refractivity contribution in [3.8, 4) is 5.75 Å². The van der Waals surface area contributed by atoms with Crippen molar-refractivity contribution in [2.75, 3.05) is 10.6 Å². The van der Waals surface area contributed by atoms with Crippen molar-refractivity contribution in [1.29, 1.82) is 0 Å². The second kappa shape index (κ2) is 5.79. The van der Waals surface area contributed by atoms with E-state index in [-0.39, 0.29) is 23.7 Å². The van der Waals surface area contributed by atoms with E-state index in [1.807, 2.05) is 6.07 Å². The lowest BCUT2D eigenvalue weighted by Crippen LogP contribution is -2.36. The van der Waals surface area contributed by atoms with Gasteiger partial charge >= 0.3 is 0 Å². The molecule has 4 N–H and O–H groups in total.